The number of carbonyl (C=O) groups excluding carboxylic acids is 1. The Hall–Kier alpha value is -1.24. The molecule has 0 aliphatic carbocycles. The Morgan fingerprint density at radius 3 is 3.00 bits per heavy atom. The van der Waals surface area contributed by atoms with Crippen molar-refractivity contribution in [2.45, 2.75) is 12.8 Å². The molecular formula is C10H9BrF2N2O2. The molecule has 0 saturated heterocycles. The molecule has 4 nitrogen and oxygen atoms in total. The van der Waals surface area contributed by atoms with Crippen LogP contribution in [0, 0.1) is 0 Å². The fourth-order valence-electron chi connectivity index (χ4n) is 1.52. The third-order valence-corrected chi connectivity index (χ3v) is 2.70. The highest BCUT2D eigenvalue weighted by Crippen LogP contribution is 2.34. The highest BCUT2D eigenvalue weighted by atomic mass is 79.9. The average Bonchev–Trinajstić information content (AvgIpc) is 2.36. The smallest absolute Gasteiger partial charge is 0.298 e. The van der Waals surface area contributed by atoms with Crippen LogP contribution in [0.2, 0.25) is 0 Å². The van der Waals surface area contributed by atoms with Gasteiger partial charge in [-0.1, -0.05) is 0 Å². The normalized spacial score (nSPS) is 18.0. The number of fused-ring (bicyclic) bond motifs is 1. The van der Waals surface area contributed by atoms with Crippen LogP contribution in [0.5, 0.6) is 5.75 Å². The second-order valence-corrected chi connectivity index (χ2v) is 4.64. The fraction of sp³-hybridized carbons (Fsp3) is 0.400. The topological polar surface area (TPSA) is 42.4 Å². The Labute approximate surface area is 105 Å². The van der Waals surface area contributed by atoms with E-state index >= 15 is 0 Å². The maximum Gasteiger partial charge on any atom is 0.298 e. The number of nitrogens with zero attached hydrogens (tertiary/aromatic N) is 2. The van der Waals surface area contributed by atoms with Crippen LogP contribution in [0.25, 0.3) is 0 Å². The minimum Gasteiger partial charge on any atom is -0.483 e. The molecule has 17 heavy (non-hydrogen) atoms. The van der Waals surface area contributed by atoms with Crippen molar-refractivity contribution >= 4 is 27.7 Å². The van der Waals surface area contributed by atoms with Crippen molar-refractivity contribution in [1.82, 2.24) is 4.98 Å². The van der Waals surface area contributed by atoms with Crippen molar-refractivity contribution in [3.63, 3.8) is 0 Å². The highest BCUT2D eigenvalue weighted by Gasteiger charge is 2.39. The number of aromatic nitrogens is 1. The lowest BCUT2D eigenvalue weighted by Gasteiger charge is -2.21. The van der Waals surface area contributed by atoms with Crippen molar-refractivity contribution in [2.75, 3.05) is 18.1 Å². The molecule has 0 bridgehead atoms. The Kier molecular flexibility index (Phi) is 3.03. The van der Waals surface area contributed by atoms with E-state index in [1.165, 1.54) is 19.2 Å². The molecule has 1 aromatic heterocycles. The number of anilines is 1. The minimum atomic E-state index is -3.08. The van der Waals surface area contributed by atoms with E-state index in [9.17, 15) is 13.6 Å². The van der Waals surface area contributed by atoms with Gasteiger partial charge in [0.05, 0.1) is 6.54 Å². The van der Waals surface area contributed by atoms with E-state index < -0.39 is 25.0 Å². The summed E-state index contributed by atoms with van der Waals surface area (Å²) in [4.78, 5) is 16.2. The van der Waals surface area contributed by atoms with Gasteiger partial charge >= 0.3 is 0 Å². The Morgan fingerprint density at radius 1 is 1.65 bits per heavy atom. The quantitative estimate of drug-likeness (QED) is 0.738. The highest BCUT2D eigenvalue weighted by molar-refractivity contribution is 9.10. The number of hydrogen-bond acceptors (Lipinski definition) is 3. The number of halogens is 3. The predicted molar refractivity (Wildman–Crippen MR) is 60.4 cm³/mol. The van der Waals surface area contributed by atoms with Crippen LogP contribution in [0.15, 0.2) is 16.7 Å². The van der Waals surface area contributed by atoms with Gasteiger partial charge in [-0.2, -0.15) is 0 Å². The van der Waals surface area contributed by atoms with E-state index in [4.69, 9.17) is 4.74 Å². The first-order valence-electron chi connectivity index (χ1n) is 4.83. The molecule has 2 rings (SSSR count). The van der Waals surface area contributed by atoms with Gasteiger partial charge in [0.15, 0.2) is 18.2 Å². The zero-order chi connectivity index (χ0) is 12.6. The Balaban J connectivity index is 2.48. The first-order valence-corrected chi connectivity index (χ1v) is 5.63. The Bertz CT molecular complexity index is 468. The van der Waals surface area contributed by atoms with Gasteiger partial charge in [-0.05, 0) is 22.0 Å². The molecule has 0 fully saturated rings. The maximum absolute atomic E-state index is 13.4. The lowest BCUT2D eigenvalue weighted by atomic mass is 10.3. The zero-order valence-corrected chi connectivity index (χ0v) is 10.5. The zero-order valence-electron chi connectivity index (χ0n) is 8.91. The van der Waals surface area contributed by atoms with Gasteiger partial charge in [0.2, 0.25) is 5.91 Å². The largest absolute Gasteiger partial charge is 0.483 e. The molecule has 0 aromatic carbocycles. The monoisotopic (exact) mass is 306 g/mol. The first kappa shape index (κ1) is 12.2. The van der Waals surface area contributed by atoms with Gasteiger partial charge in [0, 0.05) is 17.6 Å². The van der Waals surface area contributed by atoms with E-state index in [0.717, 1.165) is 4.90 Å². The van der Waals surface area contributed by atoms with Crippen LogP contribution in [0.4, 0.5) is 14.6 Å². The van der Waals surface area contributed by atoms with Crippen molar-refractivity contribution < 1.29 is 18.3 Å². The van der Waals surface area contributed by atoms with Crippen LogP contribution >= 0.6 is 15.9 Å². The molecule has 1 aliphatic rings. The van der Waals surface area contributed by atoms with Crippen LogP contribution < -0.4 is 9.64 Å². The molecule has 92 valence electrons. The molecule has 0 saturated carbocycles. The molecule has 1 amide bonds. The summed E-state index contributed by atoms with van der Waals surface area (Å²) in [6.07, 6.45) is 1.43. The molecule has 0 radical (unpaired) electrons. The van der Waals surface area contributed by atoms with Crippen LogP contribution in [-0.2, 0) is 4.79 Å². The van der Waals surface area contributed by atoms with Crippen molar-refractivity contribution in [1.29, 1.82) is 0 Å². The third-order valence-electron chi connectivity index (χ3n) is 2.26. The first-order chi connectivity index (χ1) is 7.89. The minimum absolute atomic E-state index is 0.123. The van der Waals surface area contributed by atoms with Gasteiger partial charge in [-0.3, -0.25) is 9.69 Å². The number of amides is 1. The molecule has 7 heteroatoms. The summed E-state index contributed by atoms with van der Waals surface area (Å²) < 4.78 is 32.4. The molecule has 0 spiro atoms. The van der Waals surface area contributed by atoms with Gasteiger partial charge in [-0.25, -0.2) is 13.8 Å². The molecule has 0 atom stereocenters. The summed E-state index contributed by atoms with van der Waals surface area (Å²) in [7, 11) is 0. The Morgan fingerprint density at radius 2 is 2.35 bits per heavy atom. The maximum atomic E-state index is 13.4. The van der Waals surface area contributed by atoms with Crippen molar-refractivity contribution in [3.8, 4) is 5.75 Å². The van der Waals surface area contributed by atoms with Gasteiger partial charge in [0.1, 0.15) is 0 Å². The van der Waals surface area contributed by atoms with E-state index in [0.29, 0.717) is 4.47 Å². The van der Waals surface area contributed by atoms with Crippen LogP contribution in [0.1, 0.15) is 6.92 Å². The standard InChI is InChI=1S/C10H9BrF2N2O2/c1-6(16)15-4-10(12,13)5-17-8-2-7(11)3-14-9(8)15/h2-3H,4-5H2,1H3. The second-order valence-electron chi connectivity index (χ2n) is 3.73. The fourth-order valence-corrected chi connectivity index (χ4v) is 1.83. The summed E-state index contributed by atoms with van der Waals surface area (Å²) in [5.74, 6) is -3.28. The molecular weight excluding hydrogens is 298 g/mol. The van der Waals surface area contributed by atoms with Crippen LogP contribution in [0.3, 0.4) is 0 Å². The summed E-state index contributed by atoms with van der Waals surface area (Å²) in [6, 6.07) is 1.51. The number of pyridine rings is 1. The summed E-state index contributed by atoms with van der Waals surface area (Å²) in [6.45, 7) is -0.263. The number of ether oxygens (including phenoxy) is 1. The molecule has 0 N–H and O–H groups in total. The number of rotatable bonds is 0. The van der Waals surface area contributed by atoms with Gasteiger partial charge in [0.25, 0.3) is 5.92 Å². The summed E-state index contributed by atoms with van der Waals surface area (Å²) in [5.41, 5.74) is 0. The van der Waals surface area contributed by atoms with Gasteiger partial charge in [-0.15, -0.1) is 0 Å². The molecule has 1 aromatic rings. The predicted octanol–water partition coefficient (Wildman–Crippen LogP) is 2.22. The number of alkyl halides is 2. The summed E-state index contributed by atoms with van der Waals surface area (Å²) in [5, 5.41) is 0. The molecule has 2 heterocycles. The number of carbonyl (C=O) groups is 1. The SMILES string of the molecule is CC(=O)N1CC(F)(F)COc2cc(Br)cnc21. The van der Waals surface area contributed by atoms with Crippen molar-refractivity contribution in [2.24, 2.45) is 0 Å². The van der Waals surface area contributed by atoms with E-state index in [1.807, 2.05) is 0 Å². The van der Waals surface area contributed by atoms with E-state index in [2.05, 4.69) is 20.9 Å². The van der Waals surface area contributed by atoms with Gasteiger partial charge < -0.3 is 4.74 Å². The van der Waals surface area contributed by atoms with Crippen molar-refractivity contribution in [3.05, 3.63) is 16.7 Å². The average molecular weight is 307 g/mol. The third kappa shape index (κ3) is 2.54. The molecule has 1 aliphatic heterocycles. The second kappa shape index (κ2) is 4.21. The van der Waals surface area contributed by atoms with E-state index in [1.54, 1.807) is 0 Å². The van der Waals surface area contributed by atoms with Crippen LogP contribution in [-0.4, -0.2) is 30.0 Å². The molecule has 0 unspecified atom stereocenters. The number of hydrogen-bond donors (Lipinski definition) is 0. The summed E-state index contributed by atoms with van der Waals surface area (Å²) >= 11 is 3.17. The van der Waals surface area contributed by atoms with E-state index in [-0.39, 0.29) is 11.6 Å². The lowest BCUT2D eigenvalue weighted by molar-refractivity contribution is -0.118. The lowest BCUT2D eigenvalue weighted by Crippen LogP contribution is -2.41.